The fraction of sp³-hybridized carbons (Fsp3) is 0.500. The standard InChI is InChI=1S/C16H20N2O3/c19-14(20)11-17-9-4-7-16(12-17)8-10-18(15(16)21)13-5-2-1-3-6-13/h1-3,5-6H,4,7-12H2,(H,19,20). The maximum Gasteiger partial charge on any atom is 0.317 e. The topological polar surface area (TPSA) is 60.9 Å². The minimum atomic E-state index is -0.822. The molecule has 1 amide bonds. The van der Waals surface area contributed by atoms with Crippen LogP contribution in [0.2, 0.25) is 0 Å². The third kappa shape index (κ3) is 2.65. The number of para-hydroxylation sites is 1. The number of rotatable bonds is 3. The van der Waals surface area contributed by atoms with Crippen LogP contribution in [0, 0.1) is 5.41 Å². The number of nitrogens with zero attached hydrogens (tertiary/aromatic N) is 2. The zero-order valence-electron chi connectivity index (χ0n) is 12.0. The first-order valence-corrected chi connectivity index (χ1v) is 7.42. The van der Waals surface area contributed by atoms with Crippen molar-refractivity contribution in [2.75, 3.05) is 31.1 Å². The smallest absolute Gasteiger partial charge is 0.317 e. The molecule has 1 unspecified atom stereocenters. The number of carbonyl (C=O) groups is 2. The van der Waals surface area contributed by atoms with Crippen molar-refractivity contribution < 1.29 is 14.7 Å². The number of aliphatic carboxylic acids is 1. The van der Waals surface area contributed by atoms with Crippen molar-refractivity contribution in [1.29, 1.82) is 0 Å². The van der Waals surface area contributed by atoms with Crippen LogP contribution in [-0.4, -0.2) is 48.1 Å². The molecular formula is C16H20N2O3. The first-order valence-electron chi connectivity index (χ1n) is 7.42. The highest BCUT2D eigenvalue weighted by molar-refractivity contribution is 6.00. The molecule has 2 saturated heterocycles. The van der Waals surface area contributed by atoms with Crippen LogP contribution in [0.25, 0.3) is 0 Å². The summed E-state index contributed by atoms with van der Waals surface area (Å²) in [5.41, 5.74) is 0.554. The second-order valence-electron chi connectivity index (χ2n) is 6.03. The van der Waals surface area contributed by atoms with Crippen LogP contribution in [0.1, 0.15) is 19.3 Å². The third-order valence-electron chi connectivity index (χ3n) is 4.60. The number of hydrogen-bond acceptors (Lipinski definition) is 3. The monoisotopic (exact) mass is 288 g/mol. The maximum absolute atomic E-state index is 12.9. The van der Waals surface area contributed by atoms with Crippen LogP contribution in [0.3, 0.4) is 0 Å². The van der Waals surface area contributed by atoms with Crippen LogP contribution in [0.5, 0.6) is 0 Å². The van der Waals surface area contributed by atoms with Gasteiger partial charge < -0.3 is 10.0 Å². The molecule has 0 saturated carbocycles. The number of carboxylic acids is 1. The van der Waals surface area contributed by atoms with Gasteiger partial charge in [-0.25, -0.2) is 0 Å². The third-order valence-corrected chi connectivity index (χ3v) is 4.60. The number of piperidine rings is 1. The lowest BCUT2D eigenvalue weighted by atomic mass is 9.78. The second kappa shape index (κ2) is 5.48. The lowest BCUT2D eigenvalue weighted by Crippen LogP contribution is -2.49. The van der Waals surface area contributed by atoms with E-state index in [4.69, 9.17) is 5.11 Å². The Kier molecular flexibility index (Phi) is 3.68. The van der Waals surface area contributed by atoms with Gasteiger partial charge in [-0.15, -0.1) is 0 Å². The van der Waals surface area contributed by atoms with Gasteiger partial charge in [0.1, 0.15) is 0 Å². The van der Waals surface area contributed by atoms with Crippen LogP contribution >= 0.6 is 0 Å². The first kappa shape index (κ1) is 14.1. The van der Waals surface area contributed by atoms with E-state index in [0.29, 0.717) is 6.54 Å². The van der Waals surface area contributed by atoms with Crippen molar-refractivity contribution in [3.8, 4) is 0 Å². The Balaban J connectivity index is 1.77. The number of carbonyl (C=O) groups excluding carboxylic acids is 1. The molecule has 1 aromatic rings. The average Bonchev–Trinajstić information content (AvgIpc) is 2.76. The number of benzene rings is 1. The quantitative estimate of drug-likeness (QED) is 0.917. The van der Waals surface area contributed by atoms with Gasteiger partial charge >= 0.3 is 5.97 Å². The Hall–Kier alpha value is -1.88. The Morgan fingerprint density at radius 1 is 1.19 bits per heavy atom. The van der Waals surface area contributed by atoms with Crippen LogP contribution < -0.4 is 4.90 Å². The predicted molar refractivity (Wildman–Crippen MR) is 79.2 cm³/mol. The van der Waals surface area contributed by atoms with E-state index in [2.05, 4.69) is 0 Å². The normalized spacial score (nSPS) is 26.5. The summed E-state index contributed by atoms with van der Waals surface area (Å²) in [6.45, 7) is 2.10. The minimum Gasteiger partial charge on any atom is -0.480 e. The van der Waals surface area contributed by atoms with E-state index >= 15 is 0 Å². The summed E-state index contributed by atoms with van der Waals surface area (Å²) in [5.74, 6) is -0.666. The van der Waals surface area contributed by atoms with E-state index in [1.54, 1.807) is 0 Å². The summed E-state index contributed by atoms with van der Waals surface area (Å²) in [6, 6.07) is 9.72. The molecule has 1 atom stereocenters. The predicted octanol–water partition coefficient (Wildman–Crippen LogP) is 1.59. The highest BCUT2D eigenvalue weighted by atomic mass is 16.4. The van der Waals surface area contributed by atoms with Crippen LogP contribution in [0.15, 0.2) is 30.3 Å². The molecule has 3 rings (SSSR count). The van der Waals surface area contributed by atoms with Gasteiger partial charge in [0.25, 0.3) is 0 Å². The molecule has 2 fully saturated rings. The van der Waals surface area contributed by atoms with E-state index in [-0.39, 0.29) is 17.9 Å². The molecule has 1 N–H and O–H groups in total. The molecule has 21 heavy (non-hydrogen) atoms. The summed E-state index contributed by atoms with van der Waals surface area (Å²) in [6.07, 6.45) is 2.57. The molecule has 0 bridgehead atoms. The lowest BCUT2D eigenvalue weighted by Gasteiger charge is -2.38. The molecule has 1 aromatic carbocycles. The number of hydrogen-bond donors (Lipinski definition) is 1. The van der Waals surface area contributed by atoms with Crippen LogP contribution in [-0.2, 0) is 9.59 Å². The van der Waals surface area contributed by atoms with Crippen molar-refractivity contribution in [1.82, 2.24) is 4.90 Å². The molecule has 2 aliphatic heterocycles. The van der Waals surface area contributed by atoms with E-state index in [1.165, 1.54) is 0 Å². The molecular weight excluding hydrogens is 268 g/mol. The minimum absolute atomic E-state index is 0.0281. The zero-order chi connectivity index (χ0) is 14.9. The first-order chi connectivity index (χ1) is 10.1. The maximum atomic E-state index is 12.9. The molecule has 0 aromatic heterocycles. The van der Waals surface area contributed by atoms with Gasteiger partial charge in [-0.2, -0.15) is 0 Å². The summed E-state index contributed by atoms with van der Waals surface area (Å²) >= 11 is 0. The number of likely N-dealkylation sites (tertiary alicyclic amines) is 1. The van der Waals surface area contributed by atoms with Gasteiger partial charge in [0.2, 0.25) is 5.91 Å². The fourth-order valence-corrected chi connectivity index (χ4v) is 3.61. The SMILES string of the molecule is O=C(O)CN1CCCC2(CCN(c3ccccc3)C2=O)C1. The van der Waals surface area contributed by atoms with Crippen molar-refractivity contribution in [2.45, 2.75) is 19.3 Å². The van der Waals surface area contributed by atoms with E-state index in [0.717, 1.165) is 38.0 Å². The van der Waals surface area contributed by atoms with Crippen LogP contribution in [0.4, 0.5) is 5.69 Å². The molecule has 0 aliphatic carbocycles. The van der Waals surface area contributed by atoms with Gasteiger partial charge in [0.05, 0.1) is 12.0 Å². The van der Waals surface area contributed by atoms with Crippen molar-refractivity contribution in [2.24, 2.45) is 5.41 Å². The largest absolute Gasteiger partial charge is 0.480 e. The average molecular weight is 288 g/mol. The molecule has 5 nitrogen and oxygen atoms in total. The van der Waals surface area contributed by atoms with E-state index < -0.39 is 5.97 Å². The van der Waals surface area contributed by atoms with Gasteiger partial charge in [0, 0.05) is 18.8 Å². The van der Waals surface area contributed by atoms with E-state index in [1.807, 2.05) is 40.1 Å². The Morgan fingerprint density at radius 2 is 1.95 bits per heavy atom. The summed E-state index contributed by atoms with van der Waals surface area (Å²) in [7, 11) is 0. The van der Waals surface area contributed by atoms with Gasteiger partial charge in [-0.05, 0) is 37.9 Å². The van der Waals surface area contributed by atoms with Crippen molar-refractivity contribution in [3.05, 3.63) is 30.3 Å². The number of anilines is 1. The molecule has 1 spiro atoms. The Bertz CT molecular complexity index is 546. The van der Waals surface area contributed by atoms with Gasteiger partial charge in [-0.1, -0.05) is 18.2 Å². The summed E-state index contributed by atoms with van der Waals surface area (Å²) < 4.78 is 0. The Labute approximate surface area is 124 Å². The van der Waals surface area contributed by atoms with Crippen molar-refractivity contribution >= 4 is 17.6 Å². The number of amides is 1. The van der Waals surface area contributed by atoms with E-state index in [9.17, 15) is 9.59 Å². The summed E-state index contributed by atoms with van der Waals surface area (Å²) in [5, 5.41) is 8.96. The fourth-order valence-electron chi connectivity index (χ4n) is 3.61. The second-order valence-corrected chi connectivity index (χ2v) is 6.03. The highest BCUT2D eigenvalue weighted by Gasteiger charge is 2.49. The zero-order valence-corrected chi connectivity index (χ0v) is 12.0. The lowest BCUT2D eigenvalue weighted by molar-refractivity contribution is -0.140. The molecule has 112 valence electrons. The highest BCUT2D eigenvalue weighted by Crippen LogP contribution is 2.41. The molecule has 2 aliphatic rings. The number of carboxylic acid groups (broad SMARTS) is 1. The van der Waals surface area contributed by atoms with Gasteiger partial charge in [-0.3, -0.25) is 14.5 Å². The molecule has 2 heterocycles. The molecule has 0 radical (unpaired) electrons. The molecule has 5 heteroatoms. The Morgan fingerprint density at radius 3 is 2.67 bits per heavy atom. The summed E-state index contributed by atoms with van der Waals surface area (Å²) in [4.78, 5) is 27.5. The van der Waals surface area contributed by atoms with Gasteiger partial charge in [0.15, 0.2) is 0 Å². The van der Waals surface area contributed by atoms with Crippen molar-refractivity contribution in [3.63, 3.8) is 0 Å².